The maximum absolute atomic E-state index is 12.1. The number of nitrogens with one attached hydrogen (secondary N) is 1. The summed E-state index contributed by atoms with van der Waals surface area (Å²) in [7, 11) is -3.02. The van der Waals surface area contributed by atoms with E-state index >= 15 is 0 Å². The van der Waals surface area contributed by atoms with E-state index in [1.165, 1.54) is 12.8 Å². The molecule has 94 valence electrons. The molecule has 0 aromatic carbocycles. The summed E-state index contributed by atoms with van der Waals surface area (Å²) in [4.78, 5) is 0. The molecule has 2 aliphatic carbocycles. The minimum absolute atomic E-state index is 0.254. The largest absolute Gasteiger partial charge is 0.316 e. The molecule has 0 unspecified atom stereocenters. The van der Waals surface area contributed by atoms with Gasteiger partial charge >= 0.3 is 0 Å². The molecule has 2 saturated carbocycles. The van der Waals surface area contributed by atoms with Crippen LogP contribution in [-0.2, 0) is 10.0 Å². The summed E-state index contributed by atoms with van der Waals surface area (Å²) in [5.41, 5.74) is 0. The third kappa shape index (κ3) is 3.43. The van der Waals surface area contributed by atoms with Gasteiger partial charge in [-0.3, -0.25) is 0 Å². The zero-order valence-corrected chi connectivity index (χ0v) is 10.8. The minimum Gasteiger partial charge on any atom is -0.316 e. The molecule has 16 heavy (non-hydrogen) atoms. The molecule has 0 spiro atoms. The van der Waals surface area contributed by atoms with Gasteiger partial charge in [-0.2, -0.15) is 4.31 Å². The molecule has 0 radical (unpaired) electrons. The Kier molecular flexibility index (Phi) is 3.87. The second-order valence-electron chi connectivity index (χ2n) is 4.91. The zero-order chi connectivity index (χ0) is 11.6. The molecule has 0 atom stereocenters. The lowest BCUT2D eigenvalue weighted by atomic mass is 10.4. The van der Waals surface area contributed by atoms with E-state index in [0.29, 0.717) is 18.5 Å². The molecule has 1 N–H and O–H groups in total. The van der Waals surface area contributed by atoms with Crippen LogP contribution in [0.3, 0.4) is 0 Å². The van der Waals surface area contributed by atoms with Crippen LogP contribution in [-0.4, -0.2) is 44.2 Å². The van der Waals surface area contributed by atoms with Crippen molar-refractivity contribution in [2.45, 2.75) is 38.6 Å². The summed E-state index contributed by atoms with van der Waals surface area (Å²) in [6.45, 7) is 4.18. The first-order valence-corrected chi connectivity index (χ1v) is 7.94. The van der Waals surface area contributed by atoms with Gasteiger partial charge in [0, 0.05) is 19.1 Å². The van der Waals surface area contributed by atoms with Gasteiger partial charge in [0.2, 0.25) is 10.0 Å². The molecule has 5 heteroatoms. The van der Waals surface area contributed by atoms with Crippen LogP contribution in [0.4, 0.5) is 0 Å². The minimum atomic E-state index is -3.02. The predicted octanol–water partition coefficient (Wildman–Crippen LogP) is 0.800. The molecule has 0 heterocycles. The van der Waals surface area contributed by atoms with E-state index in [-0.39, 0.29) is 5.75 Å². The van der Waals surface area contributed by atoms with Gasteiger partial charge in [0.1, 0.15) is 0 Å². The lowest BCUT2D eigenvalue weighted by Crippen LogP contribution is -2.39. The van der Waals surface area contributed by atoms with E-state index in [2.05, 4.69) is 5.32 Å². The highest BCUT2D eigenvalue weighted by Crippen LogP contribution is 2.36. The number of nitrogens with zero attached hydrogens (tertiary/aromatic N) is 1. The predicted molar refractivity (Wildman–Crippen MR) is 64.8 cm³/mol. The fourth-order valence-corrected chi connectivity index (χ4v) is 3.64. The van der Waals surface area contributed by atoms with Gasteiger partial charge < -0.3 is 5.32 Å². The molecular formula is C11H22N2O2S. The van der Waals surface area contributed by atoms with Crippen LogP contribution in [0, 0.1) is 5.92 Å². The zero-order valence-electron chi connectivity index (χ0n) is 9.98. The summed E-state index contributed by atoms with van der Waals surface area (Å²) in [5, 5.41) is 3.08. The van der Waals surface area contributed by atoms with E-state index in [4.69, 9.17) is 0 Å². The molecule has 0 aliphatic heterocycles. The Hall–Kier alpha value is -0.130. The fraction of sp³-hybridized carbons (Fsp3) is 1.00. The summed E-state index contributed by atoms with van der Waals surface area (Å²) in [5.74, 6) is 0.902. The third-order valence-electron chi connectivity index (χ3n) is 3.23. The number of hydrogen-bond acceptors (Lipinski definition) is 3. The summed E-state index contributed by atoms with van der Waals surface area (Å²) < 4.78 is 26.1. The molecule has 0 bridgehead atoms. The first-order valence-electron chi connectivity index (χ1n) is 6.33. The summed E-state index contributed by atoms with van der Waals surface area (Å²) >= 11 is 0. The van der Waals surface area contributed by atoms with Gasteiger partial charge in [0.15, 0.2) is 0 Å². The highest BCUT2D eigenvalue weighted by Gasteiger charge is 2.39. The smallest absolute Gasteiger partial charge is 0.215 e. The van der Waals surface area contributed by atoms with E-state index in [1.807, 2.05) is 6.92 Å². The van der Waals surface area contributed by atoms with Crippen molar-refractivity contribution in [1.29, 1.82) is 0 Å². The average molecular weight is 246 g/mol. The first kappa shape index (κ1) is 12.3. The molecule has 0 amide bonds. The van der Waals surface area contributed by atoms with Crippen LogP contribution in [0.5, 0.6) is 0 Å². The van der Waals surface area contributed by atoms with Crippen molar-refractivity contribution in [2.75, 3.05) is 25.4 Å². The quantitative estimate of drug-likeness (QED) is 0.645. The van der Waals surface area contributed by atoms with Crippen LogP contribution in [0.2, 0.25) is 0 Å². The second-order valence-corrected chi connectivity index (χ2v) is 6.95. The Bertz CT molecular complexity index is 321. The molecule has 2 fully saturated rings. The van der Waals surface area contributed by atoms with Gasteiger partial charge in [-0.05, 0) is 38.1 Å². The van der Waals surface area contributed by atoms with E-state index in [0.717, 1.165) is 25.9 Å². The average Bonchev–Trinajstić information content (AvgIpc) is 3.08. The standard InChI is InChI=1S/C11H22N2O2S/c1-2-12-7-8-16(14,15)13(11-5-6-11)9-10-3-4-10/h10-12H,2-9H2,1H3. The molecule has 2 rings (SSSR count). The molecule has 2 aliphatic rings. The number of sulfonamides is 1. The van der Waals surface area contributed by atoms with Gasteiger partial charge in [0.05, 0.1) is 5.75 Å². The third-order valence-corrected chi connectivity index (χ3v) is 5.12. The Morgan fingerprint density at radius 3 is 2.44 bits per heavy atom. The van der Waals surface area contributed by atoms with Crippen molar-refractivity contribution in [3.63, 3.8) is 0 Å². The lowest BCUT2D eigenvalue weighted by molar-refractivity contribution is 0.388. The van der Waals surface area contributed by atoms with Crippen molar-refractivity contribution in [3.8, 4) is 0 Å². The molecular weight excluding hydrogens is 224 g/mol. The first-order chi connectivity index (χ1) is 7.63. The number of rotatable bonds is 8. The number of hydrogen-bond donors (Lipinski definition) is 1. The topological polar surface area (TPSA) is 49.4 Å². The Labute approximate surface area is 98.4 Å². The van der Waals surface area contributed by atoms with Crippen molar-refractivity contribution in [2.24, 2.45) is 5.92 Å². The highest BCUT2D eigenvalue weighted by molar-refractivity contribution is 7.89. The maximum atomic E-state index is 12.1. The SMILES string of the molecule is CCNCCS(=O)(=O)N(CC1CC1)C1CC1. The van der Waals surface area contributed by atoms with Crippen LogP contribution < -0.4 is 5.32 Å². The fourth-order valence-electron chi connectivity index (χ4n) is 1.90. The lowest BCUT2D eigenvalue weighted by Gasteiger charge is -2.21. The van der Waals surface area contributed by atoms with Crippen molar-refractivity contribution >= 4 is 10.0 Å². The molecule has 0 aromatic rings. The van der Waals surface area contributed by atoms with E-state index in [9.17, 15) is 8.42 Å². The van der Waals surface area contributed by atoms with E-state index in [1.54, 1.807) is 4.31 Å². The maximum Gasteiger partial charge on any atom is 0.215 e. The van der Waals surface area contributed by atoms with Gasteiger partial charge in [-0.15, -0.1) is 0 Å². The van der Waals surface area contributed by atoms with Crippen LogP contribution in [0.1, 0.15) is 32.6 Å². The van der Waals surface area contributed by atoms with Crippen molar-refractivity contribution < 1.29 is 8.42 Å². The second kappa shape index (κ2) is 5.02. The Balaban J connectivity index is 1.88. The van der Waals surface area contributed by atoms with Crippen molar-refractivity contribution in [1.82, 2.24) is 9.62 Å². The van der Waals surface area contributed by atoms with E-state index < -0.39 is 10.0 Å². The van der Waals surface area contributed by atoms with Crippen LogP contribution in [0.25, 0.3) is 0 Å². The van der Waals surface area contributed by atoms with Gasteiger partial charge in [-0.25, -0.2) is 8.42 Å². The van der Waals surface area contributed by atoms with Gasteiger partial charge in [0.25, 0.3) is 0 Å². The normalized spacial score (nSPS) is 21.6. The van der Waals surface area contributed by atoms with Crippen molar-refractivity contribution in [3.05, 3.63) is 0 Å². The summed E-state index contributed by atoms with van der Waals surface area (Å²) in [6.07, 6.45) is 4.55. The van der Waals surface area contributed by atoms with Gasteiger partial charge in [-0.1, -0.05) is 6.92 Å². The molecule has 4 nitrogen and oxygen atoms in total. The van der Waals surface area contributed by atoms with Crippen LogP contribution in [0.15, 0.2) is 0 Å². The molecule has 0 saturated heterocycles. The molecule has 0 aromatic heterocycles. The summed E-state index contributed by atoms with van der Waals surface area (Å²) in [6, 6.07) is 0.326. The Morgan fingerprint density at radius 1 is 1.25 bits per heavy atom. The highest BCUT2D eigenvalue weighted by atomic mass is 32.2. The van der Waals surface area contributed by atoms with Crippen LogP contribution >= 0.6 is 0 Å². The Morgan fingerprint density at radius 2 is 1.94 bits per heavy atom. The monoisotopic (exact) mass is 246 g/mol.